The number of aromatic nitrogens is 1. The largest absolute Gasteiger partial charge is 0.398 e. The lowest BCUT2D eigenvalue weighted by molar-refractivity contribution is 0.243. The van der Waals surface area contributed by atoms with Crippen LogP contribution in [0.15, 0.2) is 47.4 Å². The molecule has 0 aliphatic carbocycles. The molecule has 4 nitrogen and oxygen atoms in total. The van der Waals surface area contributed by atoms with Gasteiger partial charge in [0.05, 0.1) is 0 Å². The Morgan fingerprint density at radius 3 is 2.85 bits per heavy atom. The topological polar surface area (TPSA) is 51.3 Å². The summed E-state index contributed by atoms with van der Waals surface area (Å²) in [6.07, 6.45) is 2.87. The van der Waals surface area contributed by atoms with Crippen LogP contribution in [0.25, 0.3) is 0 Å². The Hall–Kier alpha value is -2.07. The van der Waals surface area contributed by atoms with E-state index in [4.69, 9.17) is 5.73 Å². The minimum absolute atomic E-state index is 0.0597. The second kappa shape index (κ2) is 5.51. The van der Waals surface area contributed by atoms with Crippen molar-refractivity contribution in [3.8, 4) is 0 Å². The van der Waals surface area contributed by atoms with Gasteiger partial charge in [-0.15, -0.1) is 0 Å². The van der Waals surface area contributed by atoms with Crippen LogP contribution in [0, 0.1) is 0 Å². The fourth-order valence-electron chi connectivity index (χ4n) is 2.75. The molecule has 0 fully saturated rings. The van der Waals surface area contributed by atoms with E-state index in [1.807, 2.05) is 24.4 Å². The summed E-state index contributed by atoms with van der Waals surface area (Å²) in [7, 11) is 0. The number of hydrogen-bond acceptors (Lipinski definition) is 3. The van der Waals surface area contributed by atoms with Crippen molar-refractivity contribution in [1.82, 2.24) is 9.47 Å². The molecule has 3 rings (SSSR count). The van der Waals surface area contributed by atoms with Crippen LogP contribution in [0.4, 0.5) is 5.69 Å². The maximum Gasteiger partial charge on any atom is 0.250 e. The predicted molar refractivity (Wildman–Crippen MR) is 80.5 cm³/mol. The molecular formula is C16H19N3O. The summed E-state index contributed by atoms with van der Waals surface area (Å²) in [5, 5.41) is 0. The number of anilines is 1. The van der Waals surface area contributed by atoms with Gasteiger partial charge in [0.25, 0.3) is 5.56 Å². The van der Waals surface area contributed by atoms with Crippen molar-refractivity contribution in [2.45, 2.75) is 19.5 Å². The summed E-state index contributed by atoms with van der Waals surface area (Å²) in [5.41, 5.74) is 9.60. The van der Waals surface area contributed by atoms with Crippen LogP contribution in [0.1, 0.15) is 11.1 Å². The Morgan fingerprint density at radius 1 is 1.10 bits per heavy atom. The molecule has 2 aromatic rings. The summed E-state index contributed by atoms with van der Waals surface area (Å²) >= 11 is 0. The van der Waals surface area contributed by atoms with Gasteiger partial charge in [-0.3, -0.25) is 9.69 Å². The summed E-state index contributed by atoms with van der Waals surface area (Å²) in [5.74, 6) is 0. The Kier molecular flexibility index (Phi) is 3.56. The Bertz CT molecular complexity index is 663. The molecule has 104 valence electrons. The molecule has 2 heterocycles. The number of hydrogen-bond donors (Lipinski definition) is 1. The van der Waals surface area contributed by atoms with Crippen LogP contribution in [0.5, 0.6) is 0 Å². The normalized spacial score (nSPS) is 15.0. The van der Waals surface area contributed by atoms with E-state index in [2.05, 4.69) is 11.0 Å². The average molecular weight is 269 g/mol. The highest BCUT2D eigenvalue weighted by Gasteiger charge is 2.17. The van der Waals surface area contributed by atoms with Crippen molar-refractivity contribution in [3.05, 3.63) is 64.1 Å². The van der Waals surface area contributed by atoms with Gasteiger partial charge in [0.2, 0.25) is 0 Å². The van der Waals surface area contributed by atoms with Crippen molar-refractivity contribution in [2.75, 3.05) is 18.8 Å². The van der Waals surface area contributed by atoms with E-state index < -0.39 is 0 Å². The predicted octanol–water partition coefficient (Wildman–Crippen LogP) is 1.49. The molecule has 20 heavy (non-hydrogen) atoms. The zero-order valence-corrected chi connectivity index (χ0v) is 11.5. The zero-order valence-electron chi connectivity index (χ0n) is 11.5. The Labute approximate surface area is 118 Å². The lowest BCUT2D eigenvalue weighted by Gasteiger charge is -2.29. The van der Waals surface area contributed by atoms with Crippen molar-refractivity contribution in [2.24, 2.45) is 0 Å². The van der Waals surface area contributed by atoms with Gasteiger partial charge >= 0.3 is 0 Å². The third-order valence-electron chi connectivity index (χ3n) is 3.94. The molecular weight excluding hydrogens is 250 g/mol. The molecule has 0 saturated carbocycles. The second-order valence-electron chi connectivity index (χ2n) is 5.24. The van der Waals surface area contributed by atoms with Gasteiger partial charge in [0.15, 0.2) is 0 Å². The molecule has 2 N–H and O–H groups in total. The number of fused-ring (bicyclic) bond motifs is 1. The minimum atomic E-state index is 0.0597. The maximum absolute atomic E-state index is 11.7. The van der Waals surface area contributed by atoms with Gasteiger partial charge < -0.3 is 10.3 Å². The molecule has 1 aliphatic heterocycles. The summed E-state index contributed by atoms with van der Waals surface area (Å²) in [6, 6.07) is 11.4. The van der Waals surface area contributed by atoms with Gasteiger partial charge in [-0.1, -0.05) is 18.2 Å². The smallest absolute Gasteiger partial charge is 0.250 e. The van der Waals surface area contributed by atoms with Gasteiger partial charge in [0, 0.05) is 44.1 Å². The van der Waals surface area contributed by atoms with E-state index in [0.717, 1.165) is 38.3 Å². The molecule has 1 aromatic carbocycles. The first-order valence-electron chi connectivity index (χ1n) is 6.98. The highest BCUT2D eigenvalue weighted by molar-refractivity contribution is 5.51. The van der Waals surface area contributed by atoms with E-state index in [1.165, 1.54) is 11.1 Å². The SMILES string of the molecule is Nc1cccc2c1CN(CCn1ccccc1=O)CC2. The fourth-order valence-corrected chi connectivity index (χ4v) is 2.75. The first-order chi connectivity index (χ1) is 9.74. The first kappa shape index (κ1) is 12.9. The summed E-state index contributed by atoms with van der Waals surface area (Å²) < 4.78 is 1.75. The van der Waals surface area contributed by atoms with Crippen LogP contribution in [0.2, 0.25) is 0 Å². The standard InChI is InChI=1S/C16H19N3O/c17-15-5-3-4-13-7-9-18(12-14(13)15)10-11-19-8-2-1-6-16(19)20/h1-6,8H,7,9-12,17H2. The van der Waals surface area contributed by atoms with E-state index in [0.29, 0.717) is 0 Å². The number of benzene rings is 1. The fraction of sp³-hybridized carbons (Fsp3) is 0.312. The highest BCUT2D eigenvalue weighted by Crippen LogP contribution is 2.23. The van der Waals surface area contributed by atoms with E-state index >= 15 is 0 Å². The highest BCUT2D eigenvalue weighted by atomic mass is 16.1. The molecule has 0 atom stereocenters. The molecule has 0 unspecified atom stereocenters. The van der Waals surface area contributed by atoms with Gasteiger partial charge in [-0.2, -0.15) is 0 Å². The number of rotatable bonds is 3. The molecule has 1 aromatic heterocycles. The Balaban J connectivity index is 1.68. The third kappa shape index (κ3) is 2.60. The van der Waals surface area contributed by atoms with Gasteiger partial charge in [0.1, 0.15) is 0 Å². The van der Waals surface area contributed by atoms with Crippen molar-refractivity contribution in [3.63, 3.8) is 0 Å². The molecule has 1 aliphatic rings. The number of nitrogens with two attached hydrogens (primary N) is 1. The number of pyridine rings is 1. The van der Waals surface area contributed by atoms with Crippen LogP contribution >= 0.6 is 0 Å². The molecule has 0 spiro atoms. The molecule has 0 radical (unpaired) electrons. The van der Waals surface area contributed by atoms with Crippen LogP contribution in [-0.2, 0) is 19.5 Å². The van der Waals surface area contributed by atoms with Gasteiger partial charge in [-0.05, 0) is 29.7 Å². The lowest BCUT2D eigenvalue weighted by Crippen LogP contribution is -2.35. The monoisotopic (exact) mass is 269 g/mol. The summed E-state index contributed by atoms with van der Waals surface area (Å²) in [6.45, 7) is 3.50. The molecule has 0 bridgehead atoms. The molecule has 4 heteroatoms. The van der Waals surface area contributed by atoms with Crippen LogP contribution < -0.4 is 11.3 Å². The third-order valence-corrected chi connectivity index (χ3v) is 3.94. The number of nitrogen functional groups attached to an aromatic ring is 1. The van der Waals surface area contributed by atoms with Crippen molar-refractivity contribution >= 4 is 5.69 Å². The van der Waals surface area contributed by atoms with E-state index in [9.17, 15) is 4.79 Å². The van der Waals surface area contributed by atoms with E-state index in [-0.39, 0.29) is 5.56 Å². The molecule has 0 amide bonds. The zero-order chi connectivity index (χ0) is 13.9. The van der Waals surface area contributed by atoms with Crippen LogP contribution in [-0.4, -0.2) is 22.6 Å². The Morgan fingerprint density at radius 2 is 2.00 bits per heavy atom. The van der Waals surface area contributed by atoms with Crippen molar-refractivity contribution < 1.29 is 0 Å². The average Bonchev–Trinajstić information content (AvgIpc) is 2.47. The maximum atomic E-state index is 11.7. The van der Waals surface area contributed by atoms with Crippen molar-refractivity contribution in [1.29, 1.82) is 0 Å². The number of nitrogens with zero attached hydrogens (tertiary/aromatic N) is 2. The second-order valence-corrected chi connectivity index (χ2v) is 5.24. The lowest BCUT2D eigenvalue weighted by atomic mass is 9.98. The quantitative estimate of drug-likeness (QED) is 0.859. The molecule has 0 saturated heterocycles. The van der Waals surface area contributed by atoms with Crippen LogP contribution in [0.3, 0.4) is 0 Å². The minimum Gasteiger partial charge on any atom is -0.398 e. The first-order valence-corrected chi connectivity index (χ1v) is 6.98. The summed E-state index contributed by atoms with van der Waals surface area (Å²) in [4.78, 5) is 14.0. The van der Waals surface area contributed by atoms with Gasteiger partial charge in [-0.25, -0.2) is 0 Å². The van der Waals surface area contributed by atoms with E-state index in [1.54, 1.807) is 16.7 Å².